The topological polar surface area (TPSA) is 21.3 Å². The summed E-state index contributed by atoms with van der Waals surface area (Å²) in [6.07, 6.45) is 6.93. The number of ether oxygens (including phenoxy) is 1. The van der Waals surface area contributed by atoms with E-state index in [9.17, 15) is 0 Å². The van der Waals surface area contributed by atoms with Crippen molar-refractivity contribution in [2.45, 2.75) is 51.5 Å². The molecule has 0 unspecified atom stereocenters. The molecule has 0 radical (unpaired) electrons. The molecule has 1 N–H and O–H groups in total. The largest absolute Gasteiger partial charge is 0.380 e. The molecule has 1 heterocycles. The Bertz CT molecular complexity index is 192. The van der Waals surface area contributed by atoms with Crippen molar-refractivity contribution in [1.29, 1.82) is 0 Å². The average molecular weight is 197 g/mol. The minimum atomic E-state index is 0.414. The van der Waals surface area contributed by atoms with E-state index in [1.54, 1.807) is 0 Å². The maximum absolute atomic E-state index is 5.27. The molecule has 0 amide bonds. The third-order valence-electron chi connectivity index (χ3n) is 3.80. The molecule has 1 aliphatic heterocycles. The van der Waals surface area contributed by atoms with Crippen LogP contribution in [-0.4, -0.2) is 25.3 Å². The zero-order valence-electron chi connectivity index (χ0n) is 9.57. The molecule has 1 saturated carbocycles. The van der Waals surface area contributed by atoms with Gasteiger partial charge in [0.05, 0.1) is 13.2 Å². The number of hydrogen-bond acceptors (Lipinski definition) is 2. The van der Waals surface area contributed by atoms with Crippen LogP contribution in [0, 0.1) is 5.41 Å². The molecular weight excluding hydrogens is 174 g/mol. The van der Waals surface area contributed by atoms with Crippen LogP contribution < -0.4 is 5.32 Å². The number of rotatable bonds is 3. The Morgan fingerprint density at radius 3 is 2.21 bits per heavy atom. The molecule has 2 nitrogen and oxygen atoms in total. The second-order valence-electron chi connectivity index (χ2n) is 5.78. The van der Waals surface area contributed by atoms with Crippen LogP contribution in [0.1, 0.15) is 46.0 Å². The molecule has 0 aromatic rings. The normalized spacial score (nSPS) is 29.6. The third-order valence-corrected chi connectivity index (χ3v) is 3.80. The summed E-state index contributed by atoms with van der Waals surface area (Å²) in [4.78, 5) is 0. The van der Waals surface area contributed by atoms with Gasteiger partial charge in [0.2, 0.25) is 0 Å². The van der Waals surface area contributed by atoms with E-state index in [-0.39, 0.29) is 0 Å². The van der Waals surface area contributed by atoms with Crippen molar-refractivity contribution in [1.82, 2.24) is 5.32 Å². The quantitative estimate of drug-likeness (QED) is 0.750. The van der Waals surface area contributed by atoms with E-state index in [0.29, 0.717) is 11.0 Å². The summed E-state index contributed by atoms with van der Waals surface area (Å²) in [5.41, 5.74) is 0.831. The monoisotopic (exact) mass is 197 g/mol. The van der Waals surface area contributed by atoms with E-state index in [4.69, 9.17) is 4.74 Å². The number of nitrogens with one attached hydrogen (secondary N) is 1. The molecule has 14 heavy (non-hydrogen) atoms. The van der Waals surface area contributed by atoms with Crippen molar-refractivity contribution in [3.63, 3.8) is 0 Å². The van der Waals surface area contributed by atoms with Gasteiger partial charge in [0.25, 0.3) is 0 Å². The van der Waals surface area contributed by atoms with Gasteiger partial charge in [0, 0.05) is 17.5 Å². The van der Waals surface area contributed by atoms with Crippen molar-refractivity contribution in [2.75, 3.05) is 19.8 Å². The van der Waals surface area contributed by atoms with E-state index in [2.05, 4.69) is 19.2 Å². The van der Waals surface area contributed by atoms with Crippen molar-refractivity contribution < 1.29 is 4.74 Å². The first kappa shape index (κ1) is 10.4. The lowest BCUT2D eigenvalue weighted by Crippen LogP contribution is -2.54. The highest BCUT2D eigenvalue weighted by molar-refractivity contribution is 4.91. The SMILES string of the molecule is CC1(CNC2(C)CCCCC2)COC1. The summed E-state index contributed by atoms with van der Waals surface area (Å²) in [6, 6.07) is 0. The smallest absolute Gasteiger partial charge is 0.0554 e. The molecule has 2 fully saturated rings. The Kier molecular flexibility index (Phi) is 2.85. The van der Waals surface area contributed by atoms with Crippen LogP contribution in [0.15, 0.2) is 0 Å². The third kappa shape index (κ3) is 2.29. The Hall–Kier alpha value is -0.0800. The number of hydrogen-bond donors (Lipinski definition) is 1. The van der Waals surface area contributed by atoms with E-state index in [1.807, 2.05) is 0 Å². The lowest BCUT2D eigenvalue weighted by atomic mass is 9.81. The first-order valence-corrected chi connectivity index (χ1v) is 5.95. The standard InChI is InChI=1S/C12H23NO/c1-11(9-14-10-11)8-13-12(2)6-4-3-5-7-12/h13H,3-10H2,1-2H3. The highest BCUT2D eigenvalue weighted by Gasteiger charge is 2.36. The van der Waals surface area contributed by atoms with Gasteiger partial charge in [-0.3, -0.25) is 0 Å². The van der Waals surface area contributed by atoms with E-state index in [0.717, 1.165) is 19.8 Å². The molecule has 2 aliphatic rings. The molecule has 0 atom stereocenters. The van der Waals surface area contributed by atoms with Crippen LogP contribution in [-0.2, 0) is 4.74 Å². The molecule has 0 aromatic carbocycles. The van der Waals surface area contributed by atoms with Crippen LogP contribution in [0.5, 0.6) is 0 Å². The predicted molar refractivity (Wildman–Crippen MR) is 58.4 cm³/mol. The van der Waals surface area contributed by atoms with Crippen molar-refractivity contribution in [2.24, 2.45) is 5.41 Å². The second kappa shape index (κ2) is 3.82. The molecule has 1 aliphatic carbocycles. The molecule has 1 saturated heterocycles. The van der Waals surface area contributed by atoms with Crippen molar-refractivity contribution >= 4 is 0 Å². The molecule has 2 rings (SSSR count). The Morgan fingerprint density at radius 2 is 1.71 bits per heavy atom. The highest BCUT2D eigenvalue weighted by Crippen LogP contribution is 2.30. The lowest BCUT2D eigenvalue weighted by Gasteiger charge is -2.43. The molecular formula is C12H23NO. The van der Waals surface area contributed by atoms with Crippen molar-refractivity contribution in [3.8, 4) is 0 Å². The van der Waals surface area contributed by atoms with Gasteiger partial charge in [-0.2, -0.15) is 0 Å². The zero-order valence-corrected chi connectivity index (χ0v) is 9.57. The van der Waals surface area contributed by atoms with Crippen LogP contribution >= 0.6 is 0 Å². The first-order valence-electron chi connectivity index (χ1n) is 5.95. The Morgan fingerprint density at radius 1 is 1.07 bits per heavy atom. The van der Waals surface area contributed by atoms with E-state index in [1.165, 1.54) is 32.1 Å². The summed E-state index contributed by atoms with van der Waals surface area (Å²) in [7, 11) is 0. The predicted octanol–water partition coefficient (Wildman–Crippen LogP) is 2.34. The molecule has 2 heteroatoms. The van der Waals surface area contributed by atoms with Gasteiger partial charge in [0.1, 0.15) is 0 Å². The fourth-order valence-electron chi connectivity index (χ4n) is 2.49. The van der Waals surface area contributed by atoms with Gasteiger partial charge in [-0.15, -0.1) is 0 Å². The minimum Gasteiger partial charge on any atom is -0.380 e. The van der Waals surface area contributed by atoms with Gasteiger partial charge < -0.3 is 10.1 Å². The van der Waals surface area contributed by atoms with Crippen LogP contribution in [0.3, 0.4) is 0 Å². The van der Waals surface area contributed by atoms with Crippen LogP contribution in [0.25, 0.3) is 0 Å². The summed E-state index contributed by atoms with van der Waals surface area (Å²) in [5, 5.41) is 3.76. The molecule has 0 aromatic heterocycles. The van der Waals surface area contributed by atoms with Gasteiger partial charge in [-0.1, -0.05) is 26.2 Å². The van der Waals surface area contributed by atoms with E-state index < -0.39 is 0 Å². The summed E-state index contributed by atoms with van der Waals surface area (Å²) < 4.78 is 5.27. The zero-order chi connectivity index (χ0) is 10.1. The first-order chi connectivity index (χ1) is 6.62. The van der Waals surface area contributed by atoms with E-state index >= 15 is 0 Å². The maximum Gasteiger partial charge on any atom is 0.0554 e. The van der Waals surface area contributed by atoms with Gasteiger partial charge in [0.15, 0.2) is 0 Å². The lowest BCUT2D eigenvalue weighted by molar-refractivity contribution is -0.102. The van der Waals surface area contributed by atoms with Gasteiger partial charge >= 0.3 is 0 Å². The molecule has 0 bridgehead atoms. The van der Waals surface area contributed by atoms with Crippen LogP contribution in [0.4, 0.5) is 0 Å². The van der Waals surface area contributed by atoms with Crippen molar-refractivity contribution in [3.05, 3.63) is 0 Å². The highest BCUT2D eigenvalue weighted by atomic mass is 16.5. The van der Waals surface area contributed by atoms with Gasteiger partial charge in [-0.05, 0) is 19.8 Å². The Balaban J connectivity index is 1.77. The fraction of sp³-hybridized carbons (Fsp3) is 1.00. The average Bonchev–Trinajstić information content (AvgIpc) is 2.13. The fourth-order valence-corrected chi connectivity index (χ4v) is 2.49. The van der Waals surface area contributed by atoms with Crippen LogP contribution in [0.2, 0.25) is 0 Å². The van der Waals surface area contributed by atoms with Gasteiger partial charge in [-0.25, -0.2) is 0 Å². The second-order valence-corrected chi connectivity index (χ2v) is 5.78. The summed E-state index contributed by atoms with van der Waals surface area (Å²) >= 11 is 0. The minimum absolute atomic E-state index is 0.414. The maximum atomic E-state index is 5.27. The Labute approximate surface area is 87.4 Å². The summed E-state index contributed by atoms with van der Waals surface area (Å²) in [5.74, 6) is 0. The summed E-state index contributed by atoms with van der Waals surface area (Å²) in [6.45, 7) is 7.71. The molecule has 0 spiro atoms. The molecule has 82 valence electrons.